The van der Waals surface area contributed by atoms with Crippen LogP contribution in [-0.4, -0.2) is 28.8 Å². The highest BCUT2D eigenvalue weighted by atomic mass is 16.5. The maximum Gasteiger partial charge on any atom is 0.262 e. The van der Waals surface area contributed by atoms with Crippen LogP contribution in [0, 0.1) is 0 Å². The predicted molar refractivity (Wildman–Crippen MR) is 79.0 cm³/mol. The zero-order valence-electron chi connectivity index (χ0n) is 12.7. The summed E-state index contributed by atoms with van der Waals surface area (Å²) in [5, 5.41) is 10.5. The minimum absolute atomic E-state index is 0.327. The maximum atomic E-state index is 11.8. The largest absolute Gasteiger partial charge is 0.320 e. The smallest absolute Gasteiger partial charge is 0.262 e. The summed E-state index contributed by atoms with van der Waals surface area (Å²) in [7, 11) is 0. The summed E-state index contributed by atoms with van der Waals surface area (Å²) in [6, 6.07) is -0.544. The van der Waals surface area contributed by atoms with E-state index in [-0.39, 0.29) is 5.91 Å². The first-order chi connectivity index (χ1) is 9.13. The quantitative estimate of drug-likeness (QED) is 0.325. The van der Waals surface area contributed by atoms with Crippen molar-refractivity contribution in [1.29, 1.82) is 0 Å². The van der Waals surface area contributed by atoms with Gasteiger partial charge in [0.1, 0.15) is 0 Å². The monoisotopic (exact) mass is 272 g/mol. The molecule has 0 aliphatic rings. The van der Waals surface area contributed by atoms with Crippen LogP contribution in [0.4, 0.5) is 0 Å². The number of hydrogen-bond acceptors (Lipinski definition) is 3. The molecule has 0 rings (SSSR count). The van der Waals surface area contributed by atoms with Crippen molar-refractivity contribution < 1.29 is 10.0 Å². The van der Waals surface area contributed by atoms with Gasteiger partial charge >= 0.3 is 0 Å². The number of unbranched alkanes of at least 4 members (excludes halogenated alkanes) is 7. The fraction of sp³-hybridized carbons (Fsp3) is 0.933. The van der Waals surface area contributed by atoms with Crippen LogP contribution in [0.1, 0.15) is 78.1 Å². The molecule has 0 aliphatic heterocycles. The van der Waals surface area contributed by atoms with Crippen LogP contribution >= 0.6 is 0 Å². The van der Waals surface area contributed by atoms with Gasteiger partial charge in [-0.3, -0.25) is 10.0 Å². The highest BCUT2D eigenvalue weighted by Gasteiger charge is 2.18. The van der Waals surface area contributed by atoms with Gasteiger partial charge in [-0.05, 0) is 12.8 Å². The fourth-order valence-corrected chi connectivity index (χ4v) is 2.08. The lowest BCUT2D eigenvalue weighted by atomic mass is 10.1. The molecule has 3 N–H and O–H groups in total. The Morgan fingerprint density at radius 3 is 2.11 bits per heavy atom. The first kappa shape index (κ1) is 18.4. The lowest BCUT2D eigenvalue weighted by molar-refractivity contribution is -0.167. The van der Waals surface area contributed by atoms with Gasteiger partial charge in [0, 0.05) is 6.54 Å². The van der Waals surface area contributed by atoms with E-state index in [1.807, 2.05) is 0 Å². The van der Waals surface area contributed by atoms with E-state index in [2.05, 4.69) is 13.8 Å². The van der Waals surface area contributed by atoms with Gasteiger partial charge in [0.2, 0.25) is 0 Å². The summed E-state index contributed by atoms with van der Waals surface area (Å²) in [4.78, 5) is 11.8. The van der Waals surface area contributed by atoms with Gasteiger partial charge in [0.25, 0.3) is 5.91 Å². The molecule has 1 atom stereocenters. The highest BCUT2D eigenvalue weighted by Crippen LogP contribution is 2.07. The van der Waals surface area contributed by atoms with Gasteiger partial charge < -0.3 is 5.73 Å². The third kappa shape index (κ3) is 9.91. The second-order valence-electron chi connectivity index (χ2n) is 5.33. The number of hydroxylamine groups is 2. The van der Waals surface area contributed by atoms with Crippen molar-refractivity contribution in [3.63, 3.8) is 0 Å². The van der Waals surface area contributed by atoms with Gasteiger partial charge in [-0.25, -0.2) is 5.06 Å². The van der Waals surface area contributed by atoms with E-state index >= 15 is 0 Å². The Morgan fingerprint density at radius 2 is 1.53 bits per heavy atom. The minimum atomic E-state index is -0.544. The van der Waals surface area contributed by atoms with Gasteiger partial charge in [-0.15, -0.1) is 0 Å². The summed E-state index contributed by atoms with van der Waals surface area (Å²) >= 11 is 0. The summed E-state index contributed by atoms with van der Waals surface area (Å²) < 4.78 is 0. The molecule has 0 bridgehead atoms. The molecule has 0 heterocycles. The number of carbonyl (C=O) groups is 1. The standard InChI is InChI=1S/C15H32N2O2/c1-3-5-7-9-11-13-17(19)15(18)14(16)12-10-8-6-4-2/h14,19H,3-13,16H2,1-2H3/t14-/m1/s1. The van der Waals surface area contributed by atoms with Crippen LogP contribution in [0.25, 0.3) is 0 Å². The molecule has 0 aromatic heterocycles. The molecule has 0 aromatic rings. The van der Waals surface area contributed by atoms with Gasteiger partial charge in [0.15, 0.2) is 0 Å². The molecular weight excluding hydrogens is 240 g/mol. The molecule has 0 aromatic carbocycles. The molecule has 114 valence electrons. The minimum Gasteiger partial charge on any atom is -0.320 e. The average Bonchev–Trinajstić information content (AvgIpc) is 2.42. The normalized spacial score (nSPS) is 12.4. The molecule has 19 heavy (non-hydrogen) atoms. The zero-order chi connectivity index (χ0) is 14.5. The molecule has 0 saturated carbocycles. The Balaban J connectivity index is 3.66. The number of carbonyl (C=O) groups excluding carboxylic acids is 1. The molecule has 0 radical (unpaired) electrons. The zero-order valence-corrected chi connectivity index (χ0v) is 12.7. The molecule has 0 unspecified atom stereocenters. The van der Waals surface area contributed by atoms with Crippen molar-refractivity contribution in [1.82, 2.24) is 5.06 Å². The van der Waals surface area contributed by atoms with Crippen molar-refractivity contribution in [2.24, 2.45) is 5.73 Å². The van der Waals surface area contributed by atoms with E-state index in [1.165, 1.54) is 32.1 Å². The van der Waals surface area contributed by atoms with Crippen molar-refractivity contribution in [3.8, 4) is 0 Å². The second-order valence-corrected chi connectivity index (χ2v) is 5.33. The number of rotatable bonds is 12. The predicted octanol–water partition coefficient (Wildman–Crippen LogP) is 3.47. The van der Waals surface area contributed by atoms with E-state index in [4.69, 9.17) is 5.73 Å². The molecule has 4 nitrogen and oxygen atoms in total. The van der Waals surface area contributed by atoms with Crippen molar-refractivity contribution in [2.75, 3.05) is 6.54 Å². The van der Waals surface area contributed by atoms with Gasteiger partial charge in [-0.1, -0.05) is 65.2 Å². The summed E-state index contributed by atoms with van der Waals surface area (Å²) in [5.41, 5.74) is 5.80. The van der Waals surface area contributed by atoms with Crippen LogP contribution < -0.4 is 5.73 Å². The van der Waals surface area contributed by atoms with Crippen LogP contribution in [0.15, 0.2) is 0 Å². The van der Waals surface area contributed by atoms with E-state index in [0.717, 1.165) is 30.7 Å². The Bertz CT molecular complexity index is 222. The SMILES string of the molecule is CCCCCCCN(O)C(=O)[C@H](N)CCCCCC. The third-order valence-electron chi connectivity index (χ3n) is 3.41. The third-order valence-corrected chi connectivity index (χ3v) is 3.41. The van der Waals surface area contributed by atoms with Gasteiger partial charge in [0.05, 0.1) is 6.04 Å². The lowest BCUT2D eigenvalue weighted by Crippen LogP contribution is -2.42. The molecule has 0 saturated heterocycles. The average molecular weight is 272 g/mol. The van der Waals surface area contributed by atoms with Crippen LogP contribution in [0.3, 0.4) is 0 Å². The molecule has 0 aliphatic carbocycles. The Hall–Kier alpha value is -0.610. The number of amides is 1. The first-order valence-corrected chi connectivity index (χ1v) is 7.89. The summed E-state index contributed by atoms with van der Waals surface area (Å²) in [5.74, 6) is -0.327. The molecular formula is C15H32N2O2. The van der Waals surface area contributed by atoms with Crippen LogP contribution in [0.2, 0.25) is 0 Å². The van der Waals surface area contributed by atoms with E-state index in [0.29, 0.717) is 13.0 Å². The van der Waals surface area contributed by atoms with Crippen LogP contribution in [-0.2, 0) is 4.79 Å². The Kier molecular flexibility index (Phi) is 12.0. The van der Waals surface area contributed by atoms with Crippen LogP contribution in [0.5, 0.6) is 0 Å². The first-order valence-electron chi connectivity index (χ1n) is 7.89. The van der Waals surface area contributed by atoms with E-state index in [9.17, 15) is 10.0 Å². The maximum absolute atomic E-state index is 11.8. The number of nitrogens with two attached hydrogens (primary N) is 1. The van der Waals surface area contributed by atoms with Crippen molar-refractivity contribution in [2.45, 2.75) is 84.1 Å². The number of nitrogens with zero attached hydrogens (tertiary/aromatic N) is 1. The van der Waals surface area contributed by atoms with Crippen molar-refractivity contribution in [3.05, 3.63) is 0 Å². The van der Waals surface area contributed by atoms with Crippen molar-refractivity contribution >= 4 is 5.91 Å². The summed E-state index contributed by atoms with van der Waals surface area (Å²) in [6.45, 7) is 4.73. The van der Waals surface area contributed by atoms with Gasteiger partial charge in [-0.2, -0.15) is 0 Å². The topological polar surface area (TPSA) is 66.6 Å². The van der Waals surface area contributed by atoms with E-state index in [1.54, 1.807) is 0 Å². The number of hydrogen-bond donors (Lipinski definition) is 2. The Morgan fingerprint density at radius 1 is 1.00 bits per heavy atom. The highest BCUT2D eigenvalue weighted by molar-refractivity contribution is 5.80. The van der Waals surface area contributed by atoms with E-state index < -0.39 is 6.04 Å². The molecule has 0 spiro atoms. The Labute approximate surface area is 118 Å². The fourth-order valence-electron chi connectivity index (χ4n) is 2.08. The summed E-state index contributed by atoms with van der Waals surface area (Å²) in [6.07, 6.45) is 10.6. The lowest BCUT2D eigenvalue weighted by Gasteiger charge is -2.19. The molecule has 4 heteroatoms. The molecule has 1 amide bonds. The second kappa shape index (κ2) is 12.4. The molecule has 0 fully saturated rings.